The lowest BCUT2D eigenvalue weighted by atomic mass is 10.1. The van der Waals surface area contributed by atoms with Crippen molar-refractivity contribution in [1.82, 2.24) is 9.88 Å². The highest BCUT2D eigenvalue weighted by Crippen LogP contribution is 2.19. The molecule has 2 heterocycles. The molecular formula is C13H22N4. The standard InChI is InChI=1S/C13H22N4/c1-10(14)12-4-5-13(15-11(12)2)17-8-6-16(3)7-9-17/h4-5,10H,6-9,14H2,1-3H3/t10-/m0/s1. The van der Waals surface area contributed by atoms with Crippen molar-refractivity contribution in [2.45, 2.75) is 19.9 Å². The van der Waals surface area contributed by atoms with Crippen LogP contribution in [0.1, 0.15) is 24.2 Å². The molecule has 2 N–H and O–H groups in total. The molecule has 94 valence electrons. The van der Waals surface area contributed by atoms with Crippen molar-refractivity contribution in [3.05, 3.63) is 23.4 Å². The quantitative estimate of drug-likeness (QED) is 0.834. The summed E-state index contributed by atoms with van der Waals surface area (Å²) in [5, 5.41) is 0. The molecule has 4 nitrogen and oxygen atoms in total. The van der Waals surface area contributed by atoms with Crippen LogP contribution < -0.4 is 10.6 Å². The van der Waals surface area contributed by atoms with Crippen LogP contribution in [0.25, 0.3) is 0 Å². The van der Waals surface area contributed by atoms with Gasteiger partial charge in [-0.2, -0.15) is 0 Å². The number of aromatic nitrogens is 1. The van der Waals surface area contributed by atoms with Gasteiger partial charge in [0.2, 0.25) is 0 Å². The third-order valence-corrected chi connectivity index (χ3v) is 3.43. The highest BCUT2D eigenvalue weighted by atomic mass is 15.3. The maximum Gasteiger partial charge on any atom is 0.128 e. The van der Waals surface area contributed by atoms with Crippen LogP contribution in [0, 0.1) is 6.92 Å². The highest BCUT2D eigenvalue weighted by Gasteiger charge is 2.16. The number of aryl methyl sites for hydroxylation is 1. The van der Waals surface area contributed by atoms with E-state index in [0.29, 0.717) is 0 Å². The van der Waals surface area contributed by atoms with E-state index in [1.807, 2.05) is 13.8 Å². The summed E-state index contributed by atoms with van der Waals surface area (Å²) >= 11 is 0. The second-order valence-electron chi connectivity index (χ2n) is 4.92. The fourth-order valence-corrected chi connectivity index (χ4v) is 2.25. The Morgan fingerprint density at radius 1 is 1.24 bits per heavy atom. The second-order valence-corrected chi connectivity index (χ2v) is 4.92. The molecule has 0 unspecified atom stereocenters. The van der Waals surface area contributed by atoms with Crippen LogP contribution in [0.15, 0.2) is 12.1 Å². The van der Waals surface area contributed by atoms with Crippen molar-refractivity contribution in [2.75, 3.05) is 38.1 Å². The normalized spacial score (nSPS) is 19.4. The van der Waals surface area contributed by atoms with Gasteiger partial charge in [0.15, 0.2) is 0 Å². The van der Waals surface area contributed by atoms with Crippen LogP contribution in [0.2, 0.25) is 0 Å². The molecule has 1 fully saturated rings. The SMILES string of the molecule is Cc1nc(N2CCN(C)CC2)ccc1[C@H](C)N. The van der Waals surface area contributed by atoms with Gasteiger partial charge in [0.25, 0.3) is 0 Å². The number of likely N-dealkylation sites (N-methyl/N-ethyl adjacent to an activating group) is 1. The molecule has 2 rings (SSSR count). The summed E-state index contributed by atoms with van der Waals surface area (Å²) < 4.78 is 0. The zero-order chi connectivity index (χ0) is 12.4. The Hall–Kier alpha value is -1.13. The van der Waals surface area contributed by atoms with Crippen molar-refractivity contribution in [3.8, 4) is 0 Å². The zero-order valence-electron chi connectivity index (χ0n) is 11.0. The number of rotatable bonds is 2. The first-order valence-corrected chi connectivity index (χ1v) is 6.24. The van der Waals surface area contributed by atoms with Crippen LogP contribution in [0.4, 0.5) is 5.82 Å². The number of piperazine rings is 1. The van der Waals surface area contributed by atoms with Gasteiger partial charge in [-0.3, -0.25) is 0 Å². The average Bonchev–Trinajstić information content (AvgIpc) is 2.29. The molecule has 1 aliphatic heterocycles. The Morgan fingerprint density at radius 2 is 1.88 bits per heavy atom. The lowest BCUT2D eigenvalue weighted by Gasteiger charge is -2.33. The van der Waals surface area contributed by atoms with Crippen molar-refractivity contribution in [2.24, 2.45) is 5.73 Å². The monoisotopic (exact) mass is 234 g/mol. The Bertz CT molecular complexity index is 381. The summed E-state index contributed by atoms with van der Waals surface area (Å²) in [7, 11) is 2.16. The number of pyridine rings is 1. The van der Waals surface area contributed by atoms with Crippen molar-refractivity contribution >= 4 is 5.82 Å². The van der Waals surface area contributed by atoms with Crippen LogP contribution in [0.3, 0.4) is 0 Å². The second kappa shape index (κ2) is 5.02. The van der Waals surface area contributed by atoms with Gasteiger partial charge >= 0.3 is 0 Å². The summed E-state index contributed by atoms with van der Waals surface area (Å²) in [6, 6.07) is 4.27. The molecule has 0 radical (unpaired) electrons. The molecule has 1 aliphatic rings. The minimum atomic E-state index is 0.0593. The third kappa shape index (κ3) is 2.76. The fourth-order valence-electron chi connectivity index (χ4n) is 2.25. The summed E-state index contributed by atoms with van der Waals surface area (Å²) in [4.78, 5) is 9.36. The minimum absolute atomic E-state index is 0.0593. The van der Waals surface area contributed by atoms with E-state index in [1.165, 1.54) is 0 Å². The first-order chi connectivity index (χ1) is 8.08. The van der Waals surface area contributed by atoms with E-state index < -0.39 is 0 Å². The lowest BCUT2D eigenvalue weighted by Crippen LogP contribution is -2.44. The summed E-state index contributed by atoms with van der Waals surface area (Å²) in [5.41, 5.74) is 8.09. The Morgan fingerprint density at radius 3 is 2.41 bits per heavy atom. The Labute approximate surface area is 103 Å². The highest BCUT2D eigenvalue weighted by molar-refractivity contribution is 5.42. The molecule has 1 saturated heterocycles. The van der Waals surface area contributed by atoms with E-state index in [9.17, 15) is 0 Å². The van der Waals surface area contributed by atoms with Gasteiger partial charge in [0, 0.05) is 37.9 Å². The maximum absolute atomic E-state index is 5.90. The van der Waals surface area contributed by atoms with Gasteiger partial charge in [0.1, 0.15) is 5.82 Å². The molecule has 0 bridgehead atoms. The fraction of sp³-hybridized carbons (Fsp3) is 0.615. The lowest BCUT2D eigenvalue weighted by molar-refractivity contribution is 0.312. The molecule has 0 spiro atoms. The molecule has 4 heteroatoms. The third-order valence-electron chi connectivity index (χ3n) is 3.43. The minimum Gasteiger partial charge on any atom is -0.354 e. The molecular weight excluding hydrogens is 212 g/mol. The summed E-state index contributed by atoms with van der Waals surface area (Å²) in [6.45, 7) is 8.37. The van der Waals surface area contributed by atoms with E-state index in [4.69, 9.17) is 5.73 Å². The van der Waals surface area contributed by atoms with Crippen molar-refractivity contribution < 1.29 is 0 Å². The first kappa shape index (κ1) is 12.3. The molecule has 0 aliphatic carbocycles. The maximum atomic E-state index is 5.90. The van der Waals surface area contributed by atoms with Gasteiger partial charge < -0.3 is 15.5 Å². The molecule has 1 aromatic heterocycles. The number of hydrogen-bond donors (Lipinski definition) is 1. The number of nitrogens with zero attached hydrogens (tertiary/aromatic N) is 3. The first-order valence-electron chi connectivity index (χ1n) is 6.24. The molecule has 0 amide bonds. The summed E-state index contributed by atoms with van der Waals surface area (Å²) in [5.74, 6) is 1.08. The van der Waals surface area contributed by atoms with E-state index in [0.717, 1.165) is 43.3 Å². The van der Waals surface area contributed by atoms with E-state index in [1.54, 1.807) is 0 Å². The van der Waals surface area contributed by atoms with Gasteiger partial charge in [-0.15, -0.1) is 0 Å². The predicted molar refractivity (Wildman–Crippen MR) is 71.3 cm³/mol. The van der Waals surface area contributed by atoms with E-state index in [2.05, 4.69) is 34.0 Å². The molecule has 0 saturated carbocycles. The van der Waals surface area contributed by atoms with Gasteiger partial charge in [-0.25, -0.2) is 4.98 Å². The van der Waals surface area contributed by atoms with Crippen LogP contribution in [-0.2, 0) is 0 Å². The molecule has 0 aromatic carbocycles. The Kier molecular flexibility index (Phi) is 3.64. The summed E-state index contributed by atoms with van der Waals surface area (Å²) in [6.07, 6.45) is 0. The van der Waals surface area contributed by atoms with Crippen LogP contribution in [-0.4, -0.2) is 43.1 Å². The molecule has 17 heavy (non-hydrogen) atoms. The molecule has 1 aromatic rings. The number of anilines is 1. The average molecular weight is 234 g/mol. The van der Waals surface area contributed by atoms with E-state index in [-0.39, 0.29) is 6.04 Å². The van der Waals surface area contributed by atoms with Gasteiger partial charge in [-0.1, -0.05) is 6.07 Å². The topological polar surface area (TPSA) is 45.4 Å². The number of hydrogen-bond acceptors (Lipinski definition) is 4. The molecule has 1 atom stereocenters. The van der Waals surface area contributed by atoms with Crippen LogP contribution in [0.5, 0.6) is 0 Å². The van der Waals surface area contributed by atoms with Gasteiger partial charge in [0.05, 0.1) is 0 Å². The predicted octanol–water partition coefficient (Wildman–Crippen LogP) is 1.16. The largest absolute Gasteiger partial charge is 0.354 e. The van der Waals surface area contributed by atoms with E-state index >= 15 is 0 Å². The van der Waals surface area contributed by atoms with Crippen LogP contribution >= 0.6 is 0 Å². The Balaban J connectivity index is 2.14. The number of nitrogens with two attached hydrogens (primary N) is 1. The smallest absolute Gasteiger partial charge is 0.128 e. The zero-order valence-corrected chi connectivity index (χ0v) is 11.0. The van der Waals surface area contributed by atoms with Crippen molar-refractivity contribution in [3.63, 3.8) is 0 Å². The van der Waals surface area contributed by atoms with Crippen molar-refractivity contribution in [1.29, 1.82) is 0 Å². The van der Waals surface area contributed by atoms with Gasteiger partial charge in [-0.05, 0) is 32.5 Å².